The summed E-state index contributed by atoms with van der Waals surface area (Å²) >= 11 is 0. The molecule has 0 radical (unpaired) electrons. The Kier molecular flexibility index (Phi) is 4.11. The van der Waals surface area contributed by atoms with Gasteiger partial charge in [-0.15, -0.1) is 0 Å². The Labute approximate surface area is 147 Å². The largest absolute Gasteiger partial charge is 0.365 e. The Bertz CT molecular complexity index is 787. The summed E-state index contributed by atoms with van der Waals surface area (Å²) in [5.41, 5.74) is 1.60. The average molecular weight is 343 g/mol. The van der Waals surface area contributed by atoms with E-state index in [1.165, 1.54) is 6.42 Å². The van der Waals surface area contributed by atoms with Gasteiger partial charge >= 0.3 is 0 Å². The van der Waals surface area contributed by atoms with Crippen LogP contribution in [0, 0.1) is 0 Å². The molecule has 1 aliphatic heterocycles. The van der Waals surface area contributed by atoms with Gasteiger partial charge in [0.2, 0.25) is 0 Å². The van der Waals surface area contributed by atoms with Crippen LogP contribution >= 0.6 is 0 Å². The smallest absolute Gasteiger partial charge is 0.251 e. The fourth-order valence-corrected chi connectivity index (χ4v) is 3.58. The highest BCUT2D eigenvalue weighted by molar-refractivity contribution is 5.94. The first kappa shape index (κ1) is 16.3. The Balaban J connectivity index is 1.56. The molecular formula is C18H25N5O2. The standard InChI is InChI=1S/C18H25N5O2/c1-18(7-5-8-18)25-12-15(24)21-17-16(13-10-19-22(2)11-13)20-14-6-3-4-9-23(14)17/h10-11H,3-9,12H2,1-2H3,(H,21,24). The topological polar surface area (TPSA) is 74.0 Å². The number of fused-ring (bicyclic) bond motifs is 1. The summed E-state index contributed by atoms with van der Waals surface area (Å²) in [6.45, 7) is 3.05. The van der Waals surface area contributed by atoms with E-state index in [9.17, 15) is 4.79 Å². The predicted octanol–water partition coefficient (Wildman–Crippen LogP) is 2.52. The highest BCUT2D eigenvalue weighted by Crippen LogP contribution is 2.35. The number of ether oxygens (including phenoxy) is 1. The molecule has 1 amide bonds. The van der Waals surface area contributed by atoms with E-state index in [1.807, 2.05) is 13.2 Å². The van der Waals surface area contributed by atoms with E-state index >= 15 is 0 Å². The highest BCUT2D eigenvalue weighted by atomic mass is 16.5. The number of nitrogens with zero attached hydrogens (tertiary/aromatic N) is 4. The lowest BCUT2D eigenvalue weighted by atomic mass is 9.82. The van der Waals surface area contributed by atoms with E-state index in [0.717, 1.165) is 61.5 Å². The molecule has 25 heavy (non-hydrogen) atoms. The third-order valence-corrected chi connectivity index (χ3v) is 5.28. The molecule has 7 heteroatoms. The van der Waals surface area contributed by atoms with Crippen LogP contribution < -0.4 is 5.32 Å². The molecule has 7 nitrogen and oxygen atoms in total. The Morgan fingerprint density at radius 1 is 1.36 bits per heavy atom. The average Bonchev–Trinajstić information content (AvgIpc) is 3.15. The number of carbonyl (C=O) groups is 1. The maximum Gasteiger partial charge on any atom is 0.251 e. The van der Waals surface area contributed by atoms with Gasteiger partial charge in [-0.05, 0) is 39.0 Å². The van der Waals surface area contributed by atoms with E-state index in [2.05, 4.69) is 21.9 Å². The van der Waals surface area contributed by atoms with Crippen molar-refractivity contribution in [2.75, 3.05) is 11.9 Å². The van der Waals surface area contributed by atoms with Gasteiger partial charge in [0.25, 0.3) is 5.91 Å². The van der Waals surface area contributed by atoms with Gasteiger partial charge in [0, 0.05) is 31.8 Å². The van der Waals surface area contributed by atoms with Gasteiger partial charge in [0.15, 0.2) is 0 Å². The lowest BCUT2D eigenvalue weighted by Crippen LogP contribution is -2.39. The molecule has 0 spiro atoms. The minimum atomic E-state index is -0.125. The molecule has 1 N–H and O–H groups in total. The summed E-state index contributed by atoms with van der Waals surface area (Å²) < 4.78 is 9.70. The fraction of sp³-hybridized carbons (Fsp3) is 0.611. The minimum absolute atomic E-state index is 0.0868. The molecule has 0 saturated heterocycles. The van der Waals surface area contributed by atoms with Crippen molar-refractivity contribution in [1.82, 2.24) is 19.3 Å². The van der Waals surface area contributed by atoms with Crippen LogP contribution in [-0.2, 0) is 29.5 Å². The second-order valence-electron chi connectivity index (χ2n) is 7.38. The van der Waals surface area contributed by atoms with Crippen LogP contribution in [0.5, 0.6) is 0 Å². The molecule has 1 fully saturated rings. The fourth-order valence-electron chi connectivity index (χ4n) is 3.58. The van der Waals surface area contributed by atoms with Gasteiger partial charge in [-0.2, -0.15) is 5.10 Å². The number of nitrogens with one attached hydrogen (secondary N) is 1. The summed E-state index contributed by atoms with van der Waals surface area (Å²) in [5, 5.41) is 7.28. The van der Waals surface area contributed by atoms with E-state index < -0.39 is 0 Å². The number of aryl methyl sites for hydroxylation is 2. The third kappa shape index (κ3) is 3.20. The second-order valence-corrected chi connectivity index (χ2v) is 7.38. The van der Waals surface area contributed by atoms with Crippen LogP contribution in [0.3, 0.4) is 0 Å². The SMILES string of the molecule is Cn1cc(-c2nc3n(c2NC(=O)COC2(C)CCC2)CCCC3)cn1. The monoisotopic (exact) mass is 343 g/mol. The molecule has 4 rings (SSSR count). The van der Waals surface area contributed by atoms with Crippen molar-refractivity contribution in [3.63, 3.8) is 0 Å². The van der Waals surface area contributed by atoms with Gasteiger partial charge in [-0.1, -0.05) is 0 Å². The minimum Gasteiger partial charge on any atom is -0.365 e. The van der Waals surface area contributed by atoms with Gasteiger partial charge in [0.05, 0.1) is 11.8 Å². The zero-order valence-corrected chi connectivity index (χ0v) is 14.9. The number of hydrogen-bond donors (Lipinski definition) is 1. The van der Waals surface area contributed by atoms with Crippen molar-refractivity contribution in [2.45, 2.75) is 57.6 Å². The Morgan fingerprint density at radius 3 is 2.88 bits per heavy atom. The lowest BCUT2D eigenvalue weighted by molar-refractivity contribution is -0.134. The second kappa shape index (κ2) is 6.29. The number of hydrogen-bond acceptors (Lipinski definition) is 4. The van der Waals surface area contributed by atoms with Crippen molar-refractivity contribution >= 4 is 11.7 Å². The molecule has 2 aromatic heterocycles. The summed E-state index contributed by atoms with van der Waals surface area (Å²) in [6, 6.07) is 0. The molecule has 3 heterocycles. The maximum absolute atomic E-state index is 12.5. The van der Waals surface area contributed by atoms with Crippen LogP contribution in [-0.4, -0.2) is 37.4 Å². The van der Waals surface area contributed by atoms with Crippen LogP contribution in [0.15, 0.2) is 12.4 Å². The zero-order chi connectivity index (χ0) is 17.4. The van der Waals surface area contributed by atoms with Gasteiger partial charge in [0.1, 0.15) is 23.9 Å². The summed E-state index contributed by atoms with van der Waals surface area (Å²) in [4.78, 5) is 17.3. The molecular weight excluding hydrogens is 318 g/mol. The van der Waals surface area contributed by atoms with Crippen molar-refractivity contribution in [3.8, 4) is 11.3 Å². The predicted molar refractivity (Wildman–Crippen MR) is 94.2 cm³/mol. The third-order valence-electron chi connectivity index (χ3n) is 5.28. The van der Waals surface area contributed by atoms with Crippen LogP contribution in [0.1, 0.15) is 44.9 Å². The van der Waals surface area contributed by atoms with E-state index in [4.69, 9.17) is 9.72 Å². The molecule has 0 bridgehead atoms. The maximum atomic E-state index is 12.5. The zero-order valence-electron chi connectivity index (χ0n) is 14.9. The molecule has 0 aromatic carbocycles. The van der Waals surface area contributed by atoms with Crippen molar-refractivity contribution in [1.29, 1.82) is 0 Å². The number of aromatic nitrogens is 4. The summed E-state index contributed by atoms with van der Waals surface area (Å²) in [5.74, 6) is 1.69. The lowest BCUT2D eigenvalue weighted by Gasteiger charge is -2.37. The van der Waals surface area contributed by atoms with Gasteiger partial charge < -0.3 is 14.6 Å². The number of carbonyl (C=O) groups excluding carboxylic acids is 1. The molecule has 134 valence electrons. The van der Waals surface area contributed by atoms with E-state index in [-0.39, 0.29) is 18.1 Å². The molecule has 1 aliphatic carbocycles. The Morgan fingerprint density at radius 2 is 2.20 bits per heavy atom. The van der Waals surface area contributed by atoms with E-state index in [1.54, 1.807) is 10.9 Å². The number of anilines is 1. The number of imidazole rings is 1. The molecule has 2 aromatic rings. The molecule has 1 saturated carbocycles. The molecule has 0 atom stereocenters. The molecule has 0 unspecified atom stereocenters. The van der Waals surface area contributed by atoms with Gasteiger partial charge in [-0.25, -0.2) is 4.98 Å². The normalized spacial score (nSPS) is 18.5. The quantitative estimate of drug-likeness (QED) is 0.905. The first-order valence-corrected chi connectivity index (χ1v) is 9.06. The highest BCUT2D eigenvalue weighted by Gasteiger charge is 2.33. The van der Waals surface area contributed by atoms with Gasteiger partial charge in [-0.3, -0.25) is 9.48 Å². The van der Waals surface area contributed by atoms with Crippen molar-refractivity contribution in [2.24, 2.45) is 7.05 Å². The van der Waals surface area contributed by atoms with Crippen molar-refractivity contribution in [3.05, 3.63) is 18.2 Å². The van der Waals surface area contributed by atoms with Crippen LogP contribution in [0.4, 0.5) is 5.82 Å². The molecule has 2 aliphatic rings. The van der Waals surface area contributed by atoms with Crippen LogP contribution in [0.25, 0.3) is 11.3 Å². The summed E-state index contributed by atoms with van der Waals surface area (Å²) in [6.07, 6.45) is 10.1. The first-order valence-electron chi connectivity index (χ1n) is 9.06. The van der Waals surface area contributed by atoms with E-state index in [0.29, 0.717) is 0 Å². The first-order chi connectivity index (χ1) is 12.0. The number of amides is 1. The van der Waals surface area contributed by atoms with Crippen molar-refractivity contribution < 1.29 is 9.53 Å². The Hall–Kier alpha value is -2.15. The summed E-state index contributed by atoms with van der Waals surface area (Å²) in [7, 11) is 1.88. The number of rotatable bonds is 5. The van der Waals surface area contributed by atoms with Crippen LogP contribution in [0.2, 0.25) is 0 Å².